The third-order valence-corrected chi connectivity index (χ3v) is 3.05. The summed E-state index contributed by atoms with van der Waals surface area (Å²) in [5.41, 5.74) is 10.7. The number of carbonyl (C=O) groups is 4. The van der Waals surface area contributed by atoms with E-state index in [-0.39, 0.29) is 5.56 Å². The summed E-state index contributed by atoms with van der Waals surface area (Å²) in [6.07, 6.45) is -2.11. The maximum atomic E-state index is 12.2. The highest BCUT2D eigenvalue weighted by Gasteiger charge is 2.63. The van der Waals surface area contributed by atoms with Crippen LogP contribution in [0.4, 0.5) is 10.5 Å². The minimum Gasteiger partial charge on any atom is -0.399 e. The lowest BCUT2D eigenvalue weighted by Gasteiger charge is -2.14. The van der Waals surface area contributed by atoms with E-state index >= 15 is 0 Å². The molecule has 9 heteroatoms. The van der Waals surface area contributed by atoms with Crippen LogP contribution in [0.1, 0.15) is 16.8 Å². The lowest BCUT2D eigenvalue weighted by atomic mass is 9.96. The number of primary amides is 1. The SMILES string of the molecule is NC(=O)O[N+]1(O)C(=O)CC(C(=O)c2ccc(N)cc2)C1=O. The number of quaternary nitrogens is 1. The predicted molar refractivity (Wildman–Crippen MR) is 66.0 cm³/mol. The van der Waals surface area contributed by atoms with Crippen molar-refractivity contribution in [3.63, 3.8) is 0 Å². The van der Waals surface area contributed by atoms with E-state index in [1.165, 1.54) is 24.3 Å². The summed E-state index contributed by atoms with van der Waals surface area (Å²) in [6, 6.07) is 5.67. The highest BCUT2D eigenvalue weighted by atomic mass is 17.0. The molecule has 2 unspecified atom stereocenters. The highest BCUT2D eigenvalue weighted by Crippen LogP contribution is 2.29. The molecule has 1 aromatic rings. The van der Waals surface area contributed by atoms with E-state index in [4.69, 9.17) is 11.5 Å². The monoisotopic (exact) mass is 294 g/mol. The first-order valence-electron chi connectivity index (χ1n) is 5.84. The van der Waals surface area contributed by atoms with Crippen molar-refractivity contribution >= 4 is 29.4 Å². The molecule has 3 amide bonds. The molecule has 110 valence electrons. The smallest absolute Gasteiger partial charge is 0.399 e. The molecule has 1 fully saturated rings. The molecule has 0 bridgehead atoms. The fraction of sp³-hybridized carbons (Fsp3) is 0.167. The number of carbonyl (C=O) groups excluding carboxylic acids is 4. The van der Waals surface area contributed by atoms with Gasteiger partial charge in [-0.25, -0.2) is 19.2 Å². The zero-order valence-corrected chi connectivity index (χ0v) is 10.7. The van der Waals surface area contributed by atoms with Crippen LogP contribution >= 0.6 is 0 Å². The van der Waals surface area contributed by atoms with Crippen LogP contribution in [-0.2, 0) is 14.4 Å². The Balaban J connectivity index is 2.28. The number of ketones is 1. The molecule has 9 nitrogen and oxygen atoms in total. The number of benzene rings is 1. The van der Waals surface area contributed by atoms with Gasteiger partial charge >= 0.3 is 17.9 Å². The van der Waals surface area contributed by atoms with Crippen LogP contribution in [0.2, 0.25) is 0 Å². The fourth-order valence-corrected chi connectivity index (χ4v) is 2.00. The van der Waals surface area contributed by atoms with Crippen molar-refractivity contribution in [1.29, 1.82) is 0 Å². The van der Waals surface area contributed by atoms with Gasteiger partial charge in [-0.2, -0.15) is 5.21 Å². The molecule has 0 aliphatic carbocycles. The van der Waals surface area contributed by atoms with Gasteiger partial charge in [-0.15, -0.1) is 0 Å². The van der Waals surface area contributed by atoms with E-state index in [0.717, 1.165) is 0 Å². The number of rotatable bonds is 3. The molecule has 1 saturated heterocycles. The topological polar surface area (TPSA) is 150 Å². The molecule has 1 aromatic carbocycles. The Morgan fingerprint density at radius 3 is 2.33 bits per heavy atom. The van der Waals surface area contributed by atoms with Gasteiger partial charge < -0.3 is 11.5 Å². The Kier molecular flexibility index (Phi) is 3.45. The second-order valence-corrected chi connectivity index (χ2v) is 4.46. The number of hydrogen-bond acceptors (Lipinski definition) is 7. The number of nitrogens with zero attached hydrogens (tertiary/aromatic N) is 1. The molecule has 0 saturated carbocycles. The molecular weight excluding hydrogens is 282 g/mol. The lowest BCUT2D eigenvalue weighted by Crippen LogP contribution is -2.52. The van der Waals surface area contributed by atoms with E-state index in [1.807, 2.05) is 0 Å². The van der Waals surface area contributed by atoms with Crippen LogP contribution in [0.25, 0.3) is 0 Å². The summed E-state index contributed by atoms with van der Waals surface area (Å²) < 4.78 is 0. The summed E-state index contributed by atoms with van der Waals surface area (Å²) in [4.78, 5) is 48.3. The average Bonchev–Trinajstić information content (AvgIpc) is 2.62. The first kappa shape index (κ1) is 14.6. The Labute approximate surface area is 118 Å². The Hall–Kier alpha value is -2.78. The summed E-state index contributed by atoms with van der Waals surface area (Å²) >= 11 is 0. The Morgan fingerprint density at radius 2 is 1.81 bits per heavy atom. The number of hydrogen-bond donors (Lipinski definition) is 3. The number of nitrogens with two attached hydrogens (primary N) is 2. The molecule has 21 heavy (non-hydrogen) atoms. The molecule has 1 aliphatic rings. The van der Waals surface area contributed by atoms with Gasteiger partial charge in [-0.1, -0.05) is 0 Å². The number of nitrogen functional groups attached to an aromatic ring is 1. The highest BCUT2D eigenvalue weighted by molar-refractivity contribution is 6.13. The fourth-order valence-electron chi connectivity index (χ4n) is 2.00. The molecule has 0 radical (unpaired) electrons. The standard InChI is InChI=1S/C12H11N3O6/c13-7-3-1-6(2-4-7)10(17)8-5-9(16)15(20,11(8)18)21-12(14)19/h1-4,8,20H,5H2,(H3-,13,14,17,19)/p+1. The first-order chi connectivity index (χ1) is 9.75. The van der Waals surface area contributed by atoms with Crippen molar-refractivity contribution < 1.29 is 34.0 Å². The van der Waals surface area contributed by atoms with E-state index in [1.54, 1.807) is 0 Å². The minimum absolute atomic E-state index is 0.142. The summed E-state index contributed by atoms with van der Waals surface area (Å²) in [5.74, 6) is -4.55. The maximum Gasteiger partial charge on any atom is 0.465 e. The van der Waals surface area contributed by atoms with Crippen molar-refractivity contribution in [2.75, 3.05) is 5.73 Å². The van der Waals surface area contributed by atoms with Crippen LogP contribution in [-0.4, -0.2) is 33.7 Å². The van der Waals surface area contributed by atoms with Crippen molar-refractivity contribution in [3.8, 4) is 0 Å². The van der Waals surface area contributed by atoms with E-state index < -0.39 is 40.8 Å². The summed E-state index contributed by atoms with van der Waals surface area (Å²) in [7, 11) is 0. The predicted octanol–water partition coefficient (Wildman–Crippen LogP) is -0.259. The molecule has 0 spiro atoms. The van der Waals surface area contributed by atoms with E-state index in [2.05, 4.69) is 4.84 Å². The van der Waals surface area contributed by atoms with Gasteiger partial charge in [0.1, 0.15) is 4.81 Å². The van der Waals surface area contributed by atoms with Gasteiger partial charge in [0.25, 0.3) is 0 Å². The van der Waals surface area contributed by atoms with Crippen LogP contribution < -0.4 is 11.5 Å². The van der Waals surface area contributed by atoms with Crippen LogP contribution in [0, 0.1) is 5.92 Å². The van der Waals surface area contributed by atoms with Crippen LogP contribution in [0.3, 0.4) is 0 Å². The third-order valence-electron chi connectivity index (χ3n) is 3.05. The number of anilines is 1. The number of hydroxylamine groups is 4. The lowest BCUT2D eigenvalue weighted by molar-refractivity contribution is -1.12. The minimum atomic E-state index is -2.25. The normalized spacial score (nSPS) is 24.9. The average molecular weight is 294 g/mol. The van der Waals surface area contributed by atoms with Gasteiger partial charge in [0.15, 0.2) is 11.7 Å². The Bertz CT molecular complexity index is 641. The van der Waals surface area contributed by atoms with E-state index in [0.29, 0.717) is 5.69 Å². The molecular formula is C12H12N3O6+. The van der Waals surface area contributed by atoms with Gasteiger partial charge in [0.05, 0.1) is 6.42 Å². The molecule has 0 aromatic heterocycles. The summed E-state index contributed by atoms with van der Waals surface area (Å²) in [5, 5.41) is 9.75. The molecule has 2 rings (SSSR count). The van der Waals surface area contributed by atoms with Crippen LogP contribution in [0.5, 0.6) is 0 Å². The second-order valence-electron chi connectivity index (χ2n) is 4.46. The molecule has 5 N–H and O–H groups in total. The first-order valence-corrected chi connectivity index (χ1v) is 5.84. The van der Waals surface area contributed by atoms with Crippen molar-refractivity contribution in [3.05, 3.63) is 29.8 Å². The molecule has 2 atom stereocenters. The number of imide groups is 1. The number of amides is 3. The maximum absolute atomic E-state index is 12.2. The van der Waals surface area contributed by atoms with Gasteiger partial charge in [-0.3, -0.25) is 4.79 Å². The van der Waals surface area contributed by atoms with Gasteiger partial charge in [0.2, 0.25) is 0 Å². The Morgan fingerprint density at radius 1 is 1.24 bits per heavy atom. The van der Waals surface area contributed by atoms with E-state index in [9.17, 15) is 24.4 Å². The van der Waals surface area contributed by atoms with Crippen molar-refractivity contribution in [2.45, 2.75) is 6.42 Å². The second kappa shape index (κ2) is 4.96. The number of Topliss-reactive ketones (excluding diaryl/α,β-unsaturated/α-hetero) is 1. The van der Waals surface area contributed by atoms with Gasteiger partial charge in [0, 0.05) is 11.3 Å². The molecule has 1 heterocycles. The zero-order chi connectivity index (χ0) is 15.8. The van der Waals surface area contributed by atoms with Gasteiger partial charge in [-0.05, 0) is 24.3 Å². The summed E-state index contributed by atoms with van der Waals surface area (Å²) in [6.45, 7) is 0. The zero-order valence-electron chi connectivity index (χ0n) is 10.7. The third kappa shape index (κ3) is 2.47. The largest absolute Gasteiger partial charge is 0.465 e. The quantitative estimate of drug-likeness (QED) is 0.173. The molecule has 1 aliphatic heterocycles. The van der Waals surface area contributed by atoms with Crippen molar-refractivity contribution in [1.82, 2.24) is 0 Å². The van der Waals surface area contributed by atoms with Crippen molar-refractivity contribution in [2.24, 2.45) is 11.7 Å². The van der Waals surface area contributed by atoms with Crippen LogP contribution in [0.15, 0.2) is 24.3 Å².